The Bertz CT molecular complexity index is 614. The van der Waals surface area contributed by atoms with Crippen LogP contribution in [0.4, 0.5) is 11.4 Å². The van der Waals surface area contributed by atoms with Gasteiger partial charge in [-0.2, -0.15) is 0 Å². The lowest BCUT2D eigenvalue weighted by Gasteiger charge is -2.05. The molecule has 0 atom stereocenters. The maximum absolute atomic E-state index is 5.84. The molecule has 0 amide bonds. The van der Waals surface area contributed by atoms with Crippen molar-refractivity contribution in [1.82, 2.24) is 0 Å². The van der Waals surface area contributed by atoms with E-state index in [1.54, 1.807) is 6.21 Å². The molecular formula is C16H14Cl2N2. The highest BCUT2D eigenvalue weighted by Crippen LogP contribution is 2.16. The third-order valence-corrected chi connectivity index (χ3v) is 3.06. The number of nitrogens with one attached hydrogen (secondary N) is 1. The van der Waals surface area contributed by atoms with E-state index in [0.29, 0.717) is 5.02 Å². The van der Waals surface area contributed by atoms with E-state index < -0.39 is 0 Å². The predicted octanol–water partition coefficient (Wildman–Crippen LogP) is 5.71. The van der Waals surface area contributed by atoms with Gasteiger partial charge in [0.05, 0.1) is 5.69 Å². The Kier molecular flexibility index (Phi) is 5.22. The second kappa shape index (κ2) is 7.13. The van der Waals surface area contributed by atoms with Crippen molar-refractivity contribution in [2.45, 2.75) is 6.92 Å². The van der Waals surface area contributed by atoms with Crippen LogP contribution < -0.4 is 5.32 Å². The Hall–Kier alpha value is -1.77. The van der Waals surface area contributed by atoms with Gasteiger partial charge in [-0.15, -0.1) is 0 Å². The summed E-state index contributed by atoms with van der Waals surface area (Å²) >= 11 is 11.7. The summed E-state index contributed by atoms with van der Waals surface area (Å²) in [5.41, 5.74) is 2.85. The van der Waals surface area contributed by atoms with Gasteiger partial charge in [-0.05, 0) is 61.5 Å². The van der Waals surface area contributed by atoms with Crippen LogP contribution in [0.5, 0.6) is 0 Å². The summed E-state index contributed by atoms with van der Waals surface area (Å²) in [4.78, 5) is 4.32. The van der Waals surface area contributed by atoms with E-state index >= 15 is 0 Å². The lowest BCUT2D eigenvalue weighted by atomic mass is 10.3. The summed E-state index contributed by atoms with van der Waals surface area (Å²) < 4.78 is 0. The molecule has 4 heteroatoms. The van der Waals surface area contributed by atoms with Gasteiger partial charge in [-0.25, -0.2) is 0 Å². The minimum atomic E-state index is 0.708. The lowest BCUT2D eigenvalue weighted by molar-refractivity contribution is 1.38. The average molecular weight is 305 g/mol. The Morgan fingerprint density at radius 3 is 2.10 bits per heavy atom. The van der Waals surface area contributed by atoms with Gasteiger partial charge in [0.2, 0.25) is 0 Å². The van der Waals surface area contributed by atoms with Gasteiger partial charge in [0.25, 0.3) is 0 Å². The van der Waals surface area contributed by atoms with Crippen LogP contribution >= 0.6 is 23.2 Å². The first-order chi connectivity index (χ1) is 9.63. The second-order valence-electron chi connectivity index (χ2n) is 4.24. The molecule has 2 rings (SSSR count). The van der Waals surface area contributed by atoms with Crippen molar-refractivity contribution in [2.75, 3.05) is 5.32 Å². The van der Waals surface area contributed by atoms with Gasteiger partial charge in [-0.1, -0.05) is 23.2 Å². The number of nitrogens with zero attached hydrogens (tertiary/aromatic N) is 1. The molecule has 0 aliphatic rings. The zero-order valence-electron chi connectivity index (χ0n) is 11.0. The highest BCUT2D eigenvalue weighted by atomic mass is 35.5. The van der Waals surface area contributed by atoms with E-state index in [-0.39, 0.29) is 0 Å². The van der Waals surface area contributed by atoms with Crippen LogP contribution in [-0.2, 0) is 0 Å². The van der Waals surface area contributed by atoms with Crippen molar-refractivity contribution in [1.29, 1.82) is 0 Å². The molecular weight excluding hydrogens is 291 g/mol. The van der Waals surface area contributed by atoms with Gasteiger partial charge in [0, 0.05) is 27.6 Å². The largest absolute Gasteiger partial charge is 0.359 e. The fraction of sp³-hybridized carbons (Fsp3) is 0.0625. The van der Waals surface area contributed by atoms with Crippen LogP contribution in [0.15, 0.2) is 65.3 Å². The second-order valence-corrected chi connectivity index (χ2v) is 5.11. The maximum Gasteiger partial charge on any atom is 0.0630 e. The van der Waals surface area contributed by atoms with Crippen LogP contribution in [0.1, 0.15) is 6.92 Å². The maximum atomic E-state index is 5.84. The van der Waals surface area contributed by atoms with Crippen molar-refractivity contribution < 1.29 is 0 Å². The van der Waals surface area contributed by atoms with Crippen LogP contribution in [-0.4, -0.2) is 6.21 Å². The number of halogens is 2. The summed E-state index contributed by atoms with van der Waals surface area (Å²) in [6.45, 7) is 1.97. The van der Waals surface area contributed by atoms with Crippen LogP contribution in [0.2, 0.25) is 10.0 Å². The number of benzene rings is 2. The molecule has 20 heavy (non-hydrogen) atoms. The molecule has 0 fully saturated rings. The molecule has 0 spiro atoms. The molecule has 0 radical (unpaired) electrons. The van der Waals surface area contributed by atoms with Crippen LogP contribution in [0.25, 0.3) is 0 Å². The van der Waals surface area contributed by atoms with E-state index in [0.717, 1.165) is 22.1 Å². The number of hydrogen-bond acceptors (Lipinski definition) is 2. The van der Waals surface area contributed by atoms with Gasteiger partial charge in [0.1, 0.15) is 0 Å². The molecule has 0 unspecified atom stereocenters. The first-order valence-corrected chi connectivity index (χ1v) is 6.88. The smallest absolute Gasteiger partial charge is 0.0630 e. The number of rotatable bonds is 4. The van der Waals surface area contributed by atoms with Gasteiger partial charge >= 0.3 is 0 Å². The highest BCUT2D eigenvalue weighted by Gasteiger charge is 1.92. The van der Waals surface area contributed by atoms with E-state index in [9.17, 15) is 0 Å². The summed E-state index contributed by atoms with van der Waals surface area (Å²) in [7, 11) is 0. The topological polar surface area (TPSA) is 24.4 Å². The monoisotopic (exact) mass is 304 g/mol. The van der Waals surface area contributed by atoms with E-state index in [4.69, 9.17) is 23.2 Å². The number of aliphatic imine (C=N–C) groups is 1. The van der Waals surface area contributed by atoms with Crippen molar-refractivity contribution in [3.05, 3.63) is 70.3 Å². The van der Waals surface area contributed by atoms with Crippen LogP contribution in [0, 0.1) is 0 Å². The molecule has 1 N–H and O–H groups in total. The van der Waals surface area contributed by atoms with E-state index in [1.807, 2.05) is 61.5 Å². The SMILES string of the molecule is C/C(=C/C=Nc1ccc(Cl)cc1)Nc1ccc(Cl)cc1. The van der Waals surface area contributed by atoms with Crippen molar-refractivity contribution in [3.63, 3.8) is 0 Å². The predicted molar refractivity (Wildman–Crippen MR) is 88.4 cm³/mol. The highest BCUT2D eigenvalue weighted by molar-refractivity contribution is 6.30. The molecule has 102 valence electrons. The number of anilines is 1. The Morgan fingerprint density at radius 1 is 0.950 bits per heavy atom. The Morgan fingerprint density at radius 2 is 1.50 bits per heavy atom. The fourth-order valence-corrected chi connectivity index (χ4v) is 1.82. The summed E-state index contributed by atoms with van der Waals surface area (Å²) in [6, 6.07) is 14.9. The van der Waals surface area contributed by atoms with Crippen molar-refractivity contribution in [3.8, 4) is 0 Å². The van der Waals surface area contributed by atoms with Gasteiger partial charge in [0.15, 0.2) is 0 Å². The van der Waals surface area contributed by atoms with Gasteiger partial charge in [-0.3, -0.25) is 4.99 Å². The number of allylic oxidation sites excluding steroid dienone is 2. The molecule has 2 aromatic rings. The average Bonchev–Trinajstić information content (AvgIpc) is 2.44. The molecule has 0 heterocycles. The zero-order chi connectivity index (χ0) is 14.4. The van der Waals surface area contributed by atoms with Gasteiger partial charge < -0.3 is 5.32 Å². The Balaban J connectivity index is 1.96. The molecule has 0 aromatic heterocycles. The summed E-state index contributed by atoms with van der Waals surface area (Å²) in [6.07, 6.45) is 3.66. The molecule has 0 saturated heterocycles. The molecule has 2 aromatic carbocycles. The van der Waals surface area contributed by atoms with E-state index in [1.165, 1.54) is 0 Å². The molecule has 0 aliphatic carbocycles. The minimum absolute atomic E-state index is 0.708. The van der Waals surface area contributed by atoms with E-state index in [2.05, 4.69) is 10.3 Å². The first-order valence-electron chi connectivity index (χ1n) is 6.12. The summed E-state index contributed by atoms with van der Waals surface area (Å²) in [5.74, 6) is 0. The van der Waals surface area contributed by atoms with Crippen molar-refractivity contribution >= 4 is 40.8 Å². The third-order valence-electron chi connectivity index (χ3n) is 2.56. The number of hydrogen-bond donors (Lipinski definition) is 1. The molecule has 2 nitrogen and oxygen atoms in total. The lowest BCUT2D eigenvalue weighted by Crippen LogP contribution is -1.95. The first kappa shape index (κ1) is 14.6. The van der Waals surface area contributed by atoms with Crippen molar-refractivity contribution in [2.24, 2.45) is 4.99 Å². The quantitative estimate of drug-likeness (QED) is 0.719. The molecule has 0 aliphatic heterocycles. The zero-order valence-corrected chi connectivity index (χ0v) is 12.5. The standard InChI is InChI=1S/C16H14Cl2N2/c1-12(20-16-8-4-14(18)5-9-16)10-11-19-15-6-2-13(17)3-7-15/h2-11,20H,1H3/b12-10-,19-11?. The molecule has 0 bridgehead atoms. The third kappa shape index (κ3) is 4.72. The Labute approximate surface area is 128 Å². The minimum Gasteiger partial charge on any atom is -0.359 e. The summed E-state index contributed by atoms with van der Waals surface area (Å²) in [5, 5.41) is 4.69. The molecule has 0 saturated carbocycles. The van der Waals surface area contributed by atoms with Crippen LogP contribution in [0.3, 0.4) is 0 Å². The fourth-order valence-electron chi connectivity index (χ4n) is 1.56. The normalized spacial score (nSPS) is 11.8.